The first-order chi connectivity index (χ1) is 9.81. The maximum atomic E-state index is 12.9. The van der Waals surface area contributed by atoms with Crippen molar-refractivity contribution in [1.82, 2.24) is 5.32 Å². The molecule has 2 aliphatic rings. The number of benzene rings is 1. The van der Waals surface area contributed by atoms with Crippen molar-refractivity contribution in [2.75, 3.05) is 37.7 Å². The highest BCUT2D eigenvalue weighted by Gasteiger charge is 2.23. The van der Waals surface area contributed by atoms with Gasteiger partial charge in [-0.3, -0.25) is 0 Å². The van der Waals surface area contributed by atoms with Gasteiger partial charge in [0.2, 0.25) is 0 Å². The fourth-order valence-electron chi connectivity index (χ4n) is 3.12. The summed E-state index contributed by atoms with van der Waals surface area (Å²) in [7, 11) is 0. The third kappa shape index (κ3) is 3.49. The van der Waals surface area contributed by atoms with Gasteiger partial charge < -0.3 is 15.0 Å². The summed E-state index contributed by atoms with van der Waals surface area (Å²) in [5, 5.41) is 3.68. The van der Waals surface area contributed by atoms with Gasteiger partial charge in [0, 0.05) is 38.0 Å². The van der Waals surface area contributed by atoms with Crippen LogP contribution >= 0.6 is 0 Å². The Labute approximate surface area is 120 Å². The summed E-state index contributed by atoms with van der Waals surface area (Å²) in [5.74, 6) is 0.536. The molecule has 0 radical (unpaired) electrons. The first kappa shape index (κ1) is 13.8. The number of hydrogen-bond donors (Lipinski definition) is 1. The second-order valence-corrected chi connectivity index (χ2v) is 5.87. The molecule has 1 unspecified atom stereocenters. The summed E-state index contributed by atoms with van der Waals surface area (Å²) < 4.78 is 18.3. The standard InChI is InChI=1S/C16H23FN2O/c17-14-1-3-16(4-2-14)19-8-5-13(12-19)11-18-15-6-9-20-10-7-15/h1-4,13,15,18H,5-12H2. The van der Waals surface area contributed by atoms with E-state index < -0.39 is 0 Å². The summed E-state index contributed by atoms with van der Waals surface area (Å²) in [5.41, 5.74) is 1.14. The second kappa shape index (κ2) is 6.55. The van der Waals surface area contributed by atoms with E-state index in [-0.39, 0.29) is 5.82 Å². The van der Waals surface area contributed by atoms with Gasteiger partial charge in [0.05, 0.1) is 0 Å². The van der Waals surface area contributed by atoms with Crippen LogP contribution in [0.4, 0.5) is 10.1 Å². The number of hydrogen-bond acceptors (Lipinski definition) is 3. The molecule has 0 bridgehead atoms. The number of nitrogens with one attached hydrogen (secondary N) is 1. The molecule has 1 aromatic rings. The van der Waals surface area contributed by atoms with Gasteiger partial charge in [0.1, 0.15) is 5.82 Å². The zero-order valence-electron chi connectivity index (χ0n) is 11.9. The lowest BCUT2D eigenvalue weighted by Gasteiger charge is -2.25. The van der Waals surface area contributed by atoms with Crippen LogP contribution in [-0.4, -0.2) is 38.9 Å². The van der Waals surface area contributed by atoms with Gasteiger partial charge in [-0.05, 0) is 56.0 Å². The van der Waals surface area contributed by atoms with Crippen LogP contribution in [-0.2, 0) is 4.74 Å². The van der Waals surface area contributed by atoms with Crippen LogP contribution in [0.3, 0.4) is 0 Å². The van der Waals surface area contributed by atoms with Crippen molar-refractivity contribution in [1.29, 1.82) is 0 Å². The highest BCUT2D eigenvalue weighted by Crippen LogP contribution is 2.23. The molecule has 4 heteroatoms. The third-order valence-electron chi connectivity index (χ3n) is 4.39. The van der Waals surface area contributed by atoms with E-state index >= 15 is 0 Å². The van der Waals surface area contributed by atoms with Crippen molar-refractivity contribution in [2.24, 2.45) is 5.92 Å². The molecule has 3 nitrogen and oxygen atoms in total. The number of halogens is 1. The molecule has 0 aromatic heterocycles. The van der Waals surface area contributed by atoms with Crippen LogP contribution in [0, 0.1) is 11.7 Å². The zero-order valence-corrected chi connectivity index (χ0v) is 11.9. The Balaban J connectivity index is 1.45. The number of anilines is 1. The van der Waals surface area contributed by atoms with Gasteiger partial charge in [0.15, 0.2) is 0 Å². The molecule has 0 aliphatic carbocycles. The van der Waals surface area contributed by atoms with Crippen molar-refractivity contribution in [2.45, 2.75) is 25.3 Å². The molecule has 2 aliphatic heterocycles. The van der Waals surface area contributed by atoms with Crippen LogP contribution in [0.1, 0.15) is 19.3 Å². The third-order valence-corrected chi connectivity index (χ3v) is 4.39. The van der Waals surface area contributed by atoms with Crippen molar-refractivity contribution in [3.8, 4) is 0 Å². The molecule has 20 heavy (non-hydrogen) atoms. The van der Waals surface area contributed by atoms with Gasteiger partial charge in [-0.1, -0.05) is 0 Å². The van der Waals surface area contributed by atoms with Crippen molar-refractivity contribution < 1.29 is 9.13 Å². The molecule has 1 atom stereocenters. The average Bonchev–Trinajstić information content (AvgIpc) is 2.96. The Bertz CT molecular complexity index is 417. The number of ether oxygens (including phenoxy) is 1. The smallest absolute Gasteiger partial charge is 0.123 e. The fourth-order valence-corrected chi connectivity index (χ4v) is 3.12. The number of rotatable bonds is 4. The van der Waals surface area contributed by atoms with E-state index in [4.69, 9.17) is 4.74 Å². The van der Waals surface area contributed by atoms with Crippen molar-refractivity contribution in [3.05, 3.63) is 30.1 Å². The molecule has 0 spiro atoms. The van der Waals surface area contributed by atoms with Gasteiger partial charge >= 0.3 is 0 Å². The van der Waals surface area contributed by atoms with Crippen molar-refractivity contribution in [3.63, 3.8) is 0 Å². The lowest BCUT2D eigenvalue weighted by Crippen LogP contribution is -2.38. The average molecular weight is 278 g/mol. The first-order valence-electron chi connectivity index (χ1n) is 7.63. The van der Waals surface area contributed by atoms with Gasteiger partial charge in [0.25, 0.3) is 0 Å². The minimum absolute atomic E-state index is 0.161. The van der Waals surface area contributed by atoms with Crippen molar-refractivity contribution >= 4 is 5.69 Å². The number of nitrogens with zero attached hydrogens (tertiary/aromatic N) is 1. The largest absolute Gasteiger partial charge is 0.381 e. The summed E-state index contributed by atoms with van der Waals surface area (Å²) in [6, 6.07) is 7.47. The van der Waals surface area contributed by atoms with E-state index in [2.05, 4.69) is 10.2 Å². The second-order valence-electron chi connectivity index (χ2n) is 5.87. The molecular formula is C16H23FN2O. The van der Waals surface area contributed by atoms with Crippen LogP contribution in [0.25, 0.3) is 0 Å². The lowest BCUT2D eigenvalue weighted by atomic mass is 10.1. The Morgan fingerprint density at radius 2 is 1.90 bits per heavy atom. The van der Waals surface area contributed by atoms with E-state index in [0.717, 1.165) is 51.4 Å². The monoisotopic (exact) mass is 278 g/mol. The van der Waals surface area contributed by atoms with E-state index in [0.29, 0.717) is 12.0 Å². The first-order valence-corrected chi connectivity index (χ1v) is 7.63. The van der Waals surface area contributed by atoms with Crippen LogP contribution in [0.5, 0.6) is 0 Å². The maximum Gasteiger partial charge on any atom is 0.123 e. The molecule has 1 N–H and O–H groups in total. The minimum atomic E-state index is -0.161. The van der Waals surface area contributed by atoms with Gasteiger partial charge in [-0.25, -0.2) is 4.39 Å². The predicted octanol–water partition coefficient (Wildman–Crippen LogP) is 2.42. The molecule has 2 fully saturated rings. The highest BCUT2D eigenvalue weighted by molar-refractivity contribution is 5.47. The molecule has 1 aromatic carbocycles. The molecule has 2 saturated heterocycles. The fraction of sp³-hybridized carbons (Fsp3) is 0.625. The van der Waals surface area contributed by atoms with E-state index in [1.165, 1.54) is 6.42 Å². The highest BCUT2D eigenvalue weighted by atomic mass is 19.1. The Kier molecular flexibility index (Phi) is 4.53. The predicted molar refractivity (Wildman–Crippen MR) is 78.6 cm³/mol. The zero-order chi connectivity index (χ0) is 13.8. The Hall–Kier alpha value is -1.13. The Morgan fingerprint density at radius 1 is 1.15 bits per heavy atom. The maximum absolute atomic E-state index is 12.9. The SMILES string of the molecule is Fc1ccc(N2CCC(CNC3CCOCC3)C2)cc1. The molecule has 2 heterocycles. The van der Waals surface area contributed by atoms with Crippen LogP contribution in [0.15, 0.2) is 24.3 Å². The molecule has 3 rings (SSSR count). The minimum Gasteiger partial charge on any atom is -0.381 e. The van der Waals surface area contributed by atoms with Crippen LogP contribution in [0.2, 0.25) is 0 Å². The topological polar surface area (TPSA) is 24.5 Å². The molecule has 0 saturated carbocycles. The van der Waals surface area contributed by atoms with E-state index in [1.54, 1.807) is 12.1 Å². The van der Waals surface area contributed by atoms with Crippen LogP contribution < -0.4 is 10.2 Å². The molecular weight excluding hydrogens is 255 g/mol. The summed E-state index contributed by atoms with van der Waals surface area (Å²) >= 11 is 0. The summed E-state index contributed by atoms with van der Waals surface area (Å²) in [4.78, 5) is 2.36. The molecule has 110 valence electrons. The van der Waals surface area contributed by atoms with E-state index in [1.807, 2.05) is 12.1 Å². The summed E-state index contributed by atoms with van der Waals surface area (Å²) in [6.07, 6.45) is 3.48. The quantitative estimate of drug-likeness (QED) is 0.915. The summed E-state index contributed by atoms with van der Waals surface area (Å²) in [6.45, 7) is 5.02. The molecule has 0 amide bonds. The van der Waals surface area contributed by atoms with E-state index in [9.17, 15) is 4.39 Å². The van der Waals surface area contributed by atoms with Gasteiger partial charge in [-0.2, -0.15) is 0 Å². The Morgan fingerprint density at radius 3 is 2.65 bits per heavy atom. The normalized spacial score (nSPS) is 24.2. The van der Waals surface area contributed by atoms with Gasteiger partial charge in [-0.15, -0.1) is 0 Å². The lowest BCUT2D eigenvalue weighted by molar-refractivity contribution is 0.0771.